The number of nitriles is 2. The van der Waals surface area contributed by atoms with Crippen LogP contribution in [0.3, 0.4) is 0 Å². The number of benzene rings is 2. The number of halogens is 2. The maximum atomic E-state index is 9.54. The third-order valence-electron chi connectivity index (χ3n) is 3.35. The van der Waals surface area contributed by atoms with E-state index in [0.717, 1.165) is 0 Å². The van der Waals surface area contributed by atoms with Gasteiger partial charge in [0.2, 0.25) is 0 Å². The van der Waals surface area contributed by atoms with Gasteiger partial charge in [-0.05, 0) is 29.9 Å². The number of aromatic nitrogens is 1. The van der Waals surface area contributed by atoms with E-state index >= 15 is 0 Å². The first-order valence-corrected chi connectivity index (χ1v) is 8.19. The number of aromatic amines is 1. The third kappa shape index (κ3) is 2.46. The van der Waals surface area contributed by atoms with Gasteiger partial charge in [-0.1, -0.05) is 29.3 Å². The van der Waals surface area contributed by atoms with E-state index < -0.39 is 0 Å². The SMILES string of the molecule is N#Cc1c(N)c(C#N)c2[nH]c(=S)sc2c1-c1ccc(Cl)c(Cl)c1. The summed E-state index contributed by atoms with van der Waals surface area (Å²) < 4.78 is 1.18. The molecule has 3 rings (SSSR count). The van der Waals surface area contributed by atoms with Crippen molar-refractivity contribution in [1.29, 1.82) is 10.5 Å². The molecule has 0 saturated carbocycles. The molecule has 3 N–H and O–H groups in total. The van der Waals surface area contributed by atoms with E-state index in [1.165, 1.54) is 11.3 Å². The Morgan fingerprint density at radius 1 is 1.13 bits per heavy atom. The van der Waals surface area contributed by atoms with Crippen LogP contribution >= 0.6 is 46.8 Å². The number of nitrogen functional groups attached to an aromatic ring is 1. The van der Waals surface area contributed by atoms with Crippen LogP contribution in [-0.4, -0.2) is 4.98 Å². The van der Waals surface area contributed by atoms with Crippen LogP contribution in [0.2, 0.25) is 10.0 Å². The summed E-state index contributed by atoms with van der Waals surface area (Å²) in [5.41, 5.74) is 8.39. The van der Waals surface area contributed by atoms with Crippen LogP contribution in [0, 0.1) is 26.6 Å². The second-order valence-corrected chi connectivity index (χ2v) is 7.11. The lowest BCUT2D eigenvalue weighted by Crippen LogP contribution is -1.99. The first kappa shape index (κ1) is 15.8. The zero-order valence-corrected chi connectivity index (χ0v) is 14.4. The van der Waals surface area contributed by atoms with Crippen molar-refractivity contribution < 1.29 is 0 Å². The highest BCUT2D eigenvalue weighted by Gasteiger charge is 2.21. The maximum absolute atomic E-state index is 9.54. The minimum absolute atomic E-state index is 0.118. The summed E-state index contributed by atoms with van der Waals surface area (Å²) in [6, 6.07) is 9.16. The van der Waals surface area contributed by atoms with Gasteiger partial charge in [0.15, 0.2) is 3.95 Å². The molecule has 0 spiro atoms. The maximum Gasteiger partial charge on any atom is 0.159 e. The number of anilines is 1. The fourth-order valence-electron chi connectivity index (χ4n) is 2.35. The topological polar surface area (TPSA) is 89.4 Å². The quantitative estimate of drug-likeness (QED) is 0.447. The number of nitrogens with two attached hydrogens (primary N) is 1. The lowest BCUT2D eigenvalue weighted by Gasteiger charge is -2.11. The van der Waals surface area contributed by atoms with E-state index in [4.69, 9.17) is 41.2 Å². The summed E-state index contributed by atoms with van der Waals surface area (Å²) in [6.45, 7) is 0. The van der Waals surface area contributed by atoms with Gasteiger partial charge >= 0.3 is 0 Å². The van der Waals surface area contributed by atoms with Crippen molar-refractivity contribution in [3.05, 3.63) is 43.3 Å². The summed E-state index contributed by atoms with van der Waals surface area (Å²) in [7, 11) is 0. The molecule has 0 aliphatic rings. The second-order valence-electron chi connectivity index (χ2n) is 4.61. The number of hydrogen-bond donors (Lipinski definition) is 2. The molecule has 112 valence electrons. The smallest absolute Gasteiger partial charge is 0.159 e. The van der Waals surface area contributed by atoms with Gasteiger partial charge in [-0.3, -0.25) is 0 Å². The van der Waals surface area contributed by atoms with Gasteiger partial charge in [-0.15, -0.1) is 11.3 Å². The van der Waals surface area contributed by atoms with Crippen LogP contribution in [0.15, 0.2) is 18.2 Å². The van der Waals surface area contributed by atoms with Crippen molar-refractivity contribution in [3.8, 4) is 23.3 Å². The summed E-state index contributed by atoms with van der Waals surface area (Å²) >= 11 is 18.5. The predicted molar refractivity (Wildman–Crippen MR) is 96.3 cm³/mol. The number of fused-ring (bicyclic) bond motifs is 1. The van der Waals surface area contributed by atoms with Crippen molar-refractivity contribution in [2.75, 3.05) is 5.73 Å². The van der Waals surface area contributed by atoms with Crippen molar-refractivity contribution in [3.63, 3.8) is 0 Å². The molecule has 0 atom stereocenters. The molecule has 1 heterocycles. The average molecular weight is 377 g/mol. The van der Waals surface area contributed by atoms with E-state index in [-0.39, 0.29) is 16.8 Å². The highest BCUT2D eigenvalue weighted by atomic mass is 35.5. The molecule has 8 heteroatoms. The van der Waals surface area contributed by atoms with E-state index in [9.17, 15) is 10.5 Å². The average Bonchev–Trinajstić information content (AvgIpc) is 2.90. The van der Waals surface area contributed by atoms with Gasteiger partial charge in [-0.25, -0.2) is 0 Å². The molecule has 0 fully saturated rings. The Hall–Kier alpha value is -2.09. The van der Waals surface area contributed by atoms with Crippen LogP contribution < -0.4 is 5.73 Å². The number of rotatable bonds is 1. The normalized spacial score (nSPS) is 10.4. The largest absolute Gasteiger partial charge is 0.396 e. The van der Waals surface area contributed by atoms with Gasteiger partial charge in [-0.2, -0.15) is 10.5 Å². The van der Waals surface area contributed by atoms with Crippen LogP contribution in [0.5, 0.6) is 0 Å². The highest BCUT2D eigenvalue weighted by molar-refractivity contribution is 7.73. The molecule has 0 radical (unpaired) electrons. The van der Waals surface area contributed by atoms with Crippen molar-refractivity contribution in [2.45, 2.75) is 0 Å². The van der Waals surface area contributed by atoms with Crippen LogP contribution in [0.4, 0.5) is 5.69 Å². The summed E-state index contributed by atoms with van der Waals surface area (Å²) in [5, 5.41) is 19.7. The number of nitrogens with one attached hydrogen (secondary N) is 1. The van der Waals surface area contributed by atoms with Gasteiger partial charge in [0, 0.05) is 5.56 Å². The first-order chi connectivity index (χ1) is 11.0. The minimum Gasteiger partial charge on any atom is -0.396 e. The molecular formula is C15H6Cl2N4S2. The molecule has 4 nitrogen and oxygen atoms in total. The Bertz CT molecular complexity index is 1100. The van der Waals surface area contributed by atoms with E-state index in [1.54, 1.807) is 18.2 Å². The molecule has 2 aromatic carbocycles. The van der Waals surface area contributed by atoms with Gasteiger partial charge in [0.05, 0.1) is 31.5 Å². The van der Waals surface area contributed by atoms with E-state index in [0.29, 0.717) is 35.3 Å². The molecule has 0 aliphatic heterocycles. The minimum atomic E-state index is 0.118. The monoisotopic (exact) mass is 376 g/mol. The van der Waals surface area contributed by atoms with E-state index in [1.807, 2.05) is 6.07 Å². The first-order valence-electron chi connectivity index (χ1n) is 6.21. The lowest BCUT2D eigenvalue weighted by molar-refractivity contribution is 1.42. The molecule has 3 aromatic rings. The summed E-state index contributed by atoms with van der Waals surface area (Å²) in [4.78, 5) is 2.97. The summed E-state index contributed by atoms with van der Waals surface area (Å²) in [6.07, 6.45) is 0. The predicted octanol–water partition coefficient (Wildman–Crippen LogP) is 5.26. The van der Waals surface area contributed by atoms with Crippen molar-refractivity contribution in [2.24, 2.45) is 0 Å². The van der Waals surface area contributed by atoms with Crippen molar-refractivity contribution in [1.82, 2.24) is 4.98 Å². The molecule has 0 saturated heterocycles. The Morgan fingerprint density at radius 2 is 1.83 bits per heavy atom. The molecule has 0 unspecified atom stereocenters. The molecular weight excluding hydrogens is 371 g/mol. The standard InChI is InChI=1S/C15H6Cl2N4S2/c16-9-2-1-6(3-10(9)17)11-7(4-18)12(20)8(5-19)13-14(11)23-15(22)21-13/h1-3H,20H2,(H,21,22). The molecule has 23 heavy (non-hydrogen) atoms. The lowest BCUT2D eigenvalue weighted by atomic mass is 9.95. The van der Waals surface area contributed by atoms with E-state index in [2.05, 4.69) is 11.1 Å². The molecule has 0 aliphatic carbocycles. The fourth-order valence-corrected chi connectivity index (χ4v) is 3.91. The third-order valence-corrected chi connectivity index (χ3v) is 5.34. The number of thiazole rings is 1. The Balaban J connectivity index is 2.54. The second kappa shape index (κ2) is 5.84. The summed E-state index contributed by atoms with van der Waals surface area (Å²) in [5.74, 6) is 0. The Labute approximate surface area is 150 Å². The van der Waals surface area contributed by atoms with Crippen LogP contribution in [0.1, 0.15) is 11.1 Å². The number of H-pyrrole nitrogens is 1. The van der Waals surface area contributed by atoms with Gasteiger partial charge < -0.3 is 10.7 Å². The molecule has 0 bridgehead atoms. The number of nitrogens with zero attached hydrogens (tertiary/aromatic N) is 2. The Morgan fingerprint density at radius 3 is 2.43 bits per heavy atom. The zero-order chi connectivity index (χ0) is 16.7. The highest BCUT2D eigenvalue weighted by Crippen LogP contribution is 2.41. The van der Waals surface area contributed by atoms with Crippen LogP contribution in [-0.2, 0) is 0 Å². The van der Waals surface area contributed by atoms with Crippen molar-refractivity contribution >= 4 is 62.7 Å². The Kier molecular flexibility index (Phi) is 4.01. The molecule has 0 amide bonds. The van der Waals surface area contributed by atoms with Crippen LogP contribution in [0.25, 0.3) is 21.3 Å². The zero-order valence-electron chi connectivity index (χ0n) is 11.3. The molecule has 1 aromatic heterocycles. The number of hydrogen-bond acceptors (Lipinski definition) is 5. The van der Waals surface area contributed by atoms with Gasteiger partial charge in [0.25, 0.3) is 0 Å². The van der Waals surface area contributed by atoms with Gasteiger partial charge in [0.1, 0.15) is 17.7 Å². The fraction of sp³-hybridized carbons (Fsp3) is 0.